The number of aromatic nitrogens is 3. The van der Waals surface area contributed by atoms with E-state index in [9.17, 15) is 22.8 Å². The van der Waals surface area contributed by atoms with Gasteiger partial charge in [-0.1, -0.05) is 36.0 Å². The first-order valence-corrected chi connectivity index (χ1v) is 10.6. The molecule has 0 bridgehead atoms. The fourth-order valence-corrected chi connectivity index (χ4v) is 3.74. The average molecular weight is 479 g/mol. The van der Waals surface area contributed by atoms with Crippen molar-refractivity contribution in [2.24, 2.45) is 0 Å². The average Bonchev–Trinajstić information content (AvgIpc) is 3.10. The smallest absolute Gasteiger partial charge is 0.405 e. The zero-order valence-electron chi connectivity index (χ0n) is 17.6. The molecule has 12 heteroatoms. The van der Waals surface area contributed by atoms with E-state index in [1.165, 1.54) is 25.1 Å². The number of hydrogen-bond donors (Lipinski definition) is 2. The van der Waals surface area contributed by atoms with Crippen molar-refractivity contribution < 1.29 is 27.5 Å². The maximum absolute atomic E-state index is 12.5. The van der Waals surface area contributed by atoms with Gasteiger partial charge in [-0.25, -0.2) is 0 Å². The second-order valence-corrected chi connectivity index (χ2v) is 7.76. The van der Waals surface area contributed by atoms with Gasteiger partial charge >= 0.3 is 6.36 Å². The Balaban J connectivity index is 1.64. The van der Waals surface area contributed by atoms with Crippen LogP contribution in [0.5, 0.6) is 5.75 Å². The van der Waals surface area contributed by atoms with Crippen LogP contribution in [-0.2, 0) is 16.1 Å². The fourth-order valence-electron chi connectivity index (χ4n) is 2.91. The van der Waals surface area contributed by atoms with E-state index in [4.69, 9.17) is 0 Å². The summed E-state index contributed by atoms with van der Waals surface area (Å²) in [5, 5.41) is 13.9. The van der Waals surface area contributed by atoms with E-state index in [0.29, 0.717) is 22.4 Å². The first-order chi connectivity index (χ1) is 15.6. The third kappa shape index (κ3) is 6.97. The van der Waals surface area contributed by atoms with Gasteiger partial charge in [0.05, 0.1) is 11.4 Å². The van der Waals surface area contributed by atoms with Gasteiger partial charge in [-0.2, -0.15) is 0 Å². The Morgan fingerprint density at radius 1 is 1.12 bits per heavy atom. The number of carbonyl (C=O) groups is 2. The van der Waals surface area contributed by atoms with Crippen molar-refractivity contribution in [2.75, 3.05) is 11.1 Å². The summed E-state index contributed by atoms with van der Waals surface area (Å²) in [6, 6.07) is 12.7. The Morgan fingerprint density at radius 3 is 2.61 bits per heavy atom. The van der Waals surface area contributed by atoms with Crippen molar-refractivity contribution in [3.05, 3.63) is 59.9 Å². The van der Waals surface area contributed by atoms with Crippen LogP contribution in [0.4, 0.5) is 18.9 Å². The Kier molecular flexibility index (Phi) is 7.59. The second kappa shape index (κ2) is 10.4. The van der Waals surface area contributed by atoms with Crippen LogP contribution in [0.2, 0.25) is 0 Å². The second-order valence-electron chi connectivity index (χ2n) is 6.82. The monoisotopic (exact) mass is 479 g/mol. The van der Waals surface area contributed by atoms with Gasteiger partial charge in [0.15, 0.2) is 5.16 Å². The first-order valence-electron chi connectivity index (χ1n) is 9.65. The van der Waals surface area contributed by atoms with E-state index < -0.39 is 12.3 Å². The van der Waals surface area contributed by atoms with Gasteiger partial charge in [0, 0.05) is 24.7 Å². The Hall–Kier alpha value is -3.54. The molecule has 2 aromatic carbocycles. The zero-order valence-corrected chi connectivity index (χ0v) is 18.5. The molecule has 174 valence electrons. The highest BCUT2D eigenvalue weighted by Crippen LogP contribution is 2.26. The lowest BCUT2D eigenvalue weighted by molar-refractivity contribution is -0.274. The van der Waals surface area contributed by atoms with Crippen LogP contribution in [0.1, 0.15) is 18.3 Å². The Bertz CT molecular complexity index is 1150. The summed E-state index contributed by atoms with van der Waals surface area (Å²) in [6.45, 7) is 3.03. The van der Waals surface area contributed by atoms with Gasteiger partial charge in [0.2, 0.25) is 11.8 Å². The lowest BCUT2D eigenvalue weighted by atomic mass is 10.2. The molecule has 8 nitrogen and oxygen atoms in total. The number of amides is 2. The fraction of sp³-hybridized carbons (Fsp3) is 0.238. The molecule has 0 fully saturated rings. The molecule has 2 N–H and O–H groups in total. The minimum atomic E-state index is -4.82. The molecule has 0 aliphatic heterocycles. The van der Waals surface area contributed by atoms with Crippen molar-refractivity contribution in [1.82, 2.24) is 20.1 Å². The van der Waals surface area contributed by atoms with Crippen molar-refractivity contribution in [3.8, 4) is 11.4 Å². The first kappa shape index (κ1) is 24.1. The van der Waals surface area contributed by atoms with Gasteiger partial charge in [0.25, 0.3) is 0 Å². The molecule has 0 atom stereocenters. The van der Waals surface area contributed by atoms with E-state index in [2.05, 4.69) is 25.6 Å². The molecule has 0 aliphatic rings. The number of benzene rings is 2. The number of nitrogens with one attached hydrogen (secondary N) is 2. The molecule has 1 aromatic heterocycles. The van der Waals surface area contributed by atoms with E-state index in [1.807, 2.05) is 6.07 Å². The molecule has 0 aliphatic carbocycles. The van der Waals surface area contributed by atoms with Crippen LogP contribution in [0.3, 0.4) is 0 Å². The third-order valence-electron chi connectivity index (χ3n) is 4.23. The molecule has 0 spiro atoms. The number of thioether (sulfide) groups is 1. The van der Waals surface area contributed by atoms with Gasteiger partial charge in [-0.15, -0.1) is 23.4 Å². The number of alkyl halides is 3. The van der Waals surface area contributed by atoms with Crippen molar-refractivity contribution >= 4 is 29.3 Å². The van der Waals surface area contributed by atoms with Crippen LogP contribution in [0.15, 0.2) is 53.7 Å². The molecule has 33 heavy (non-hydrogen) atoms. The summed E-state index contributed by atoms with van der Waals surface area (Å²) < 4.78 is 43.4. The minimum absolute atomic E-state index is 0.0359. The van der Waals surface area contributed by atoms with Crippen molar-refractivity contribution in [1.29, 1.82) is 0 Å². The summed E-state index contributed by atoms with van der Waals surface area (Å²) in [5.74, 6) is -0.433. The van der Waals surface area contributed by atoms with Crippen LogP contribution in [0.25, 0.3) is 5.69 Å². The molecule has 0 saturated heterocycles. The highest BCUT2D eigenvalue weighted by atomic mass is 32.2. The van der Waals surface area contributed by atoms with Gasteiger partial charge in [0.1, 0.15) is 11.6 Å². The van der Waals surface area contributed by atoms with Crippen molar-refractivity contribution in [2.45, 2.75) is 31.9 Å². The number of aryl methyl sites for hydroxylation is 1. The number of hydrogen-bond acceptors (Lipinski definition) is 6. The Labute approximate surface area is 191 Å². The number of halogens is 3. The zero-order chi connectivity index (χ0) is 24.0. The van der Waals surface area contributed by atoms with Gasteiger partial charge in [-0.05, 0) is 31.2 Å². The van der Waals surface area contributed by atoms with Crippen molar-refractivity contribution in [3.63, 3.8) is 0 Å². The molecular formula is C21H20F3N5O3S. The highest BCUT2D eigenvalue weighted by molar-refractivity contribution is 7.99. The number of para-hydroxylation sites is 1. The highest BCUT2D eigenvalue weighted by Gasteiger charge is 2.32. The normalized spacial score (nSPS) is 11.2. The summed E-state index contributed by atoms with van der Waals surface area (Å²) >= 11 is 1.12. The van der Waals surface area contributed by atoms with E-state index >= 15 is 0 Å². The lowest BCUT2D eigenvalue weighted by Crippen LogP contribution is -2.26. The molecule has 1 heterocycles. The predicted octanol–water partition coefficient (Wildman–Crippen LogP) is 3.84. The third-order valence-corrected chi connectivity index (χ3v) is 5.16. The molecular weight excluding hydrogens is 459 g/mol. The molecule has 0 saturated carbocycles. The number of nitrogens with zero attached hydrogens (tertiary/aromatic N) is 3. The molecule has 2 amide bonds. The van der Waals surface area contributed by atoms with E-state index in [-0.39, 0.29) is 29.5 Å². The van der Waals surface area contributed by atoms with E-state index in [1.54, 1.807) is 35.8 Å². The maximum atomic E-state index is 12.5. The van der Waals surface area contributed by atoms with E-state index in [0.717, 1.165) is 11.8 Å². The summed E-state index contributed by atoms with van der Waals surface area (Å²) in [7, 11) is 0. The van der Waals surface area contributed by atoms with Gasteiger partial charge < -0.3 is 15.4 Å². The number of ether oxygens (including phenoxy) is 1. The standard InChI is InChI=1S/C21H20F3N5O3S/c1-13-27-28-20(29(13)17-8-5-7-16(10-17)26-14(2)30)33-12-19(31)25-11-15-6-3-4-9-18(15)32-21(22,23)24/h3-10H,11-12H2,1-2H3,(H,25,31)(H,26,30). The number of carbonyl (C=O) groups excluding carboxylic acids is 2. The minimum Gasteiger partial charge on any atom is -0.405 e. The summed E-state index contributed by atoms with van der Waals surface area (Å²) in [4.78, 5) is 23.6. The molecule has 0 radical (unpaired) electrons. The molecule has 3 aromatic rings. The van der Waals surface area contributed by atoms with Crippen LogP contribution in [-0.4, -0.2) is 38.7 Å². The summed E-state index contributed by atoms with van der Waals surface area (Å²) in [5.41, 5.74) is 1.49. The number of rotatable bonds is 8. The SMILES string of the molecule is CC(=O)Nc1cccc(-n2c(C)nnc2SCC(=O)NCc2ccccc2OC(F)(F)F)c1. The quantitative estimate of drug-likeness (QED) is 0.477. The lowest BCUT2D eigenvalue weighted by Gasteiger charge is -2.13. The maximum Gasteiger partial charge on any atom is 0.573 e. The van der Waals surface area contributed by atoms with Gasteiger partial charge in [-0.3, -0.25) is 14.2 Å². The summed E-state index contributed by atoms with van der Waals surface area (Å²) in [6.07, 6.45) is -4.82. The number of anilines is 1. The topological polar surface area (TPSA) is 98.1 Å². The molecule has 3 rings (SSSR count). The Morgan fingerprint density at radius 2 is 1.88 bits per heavy atom. The molecule has 0 unspecified atom stereocenters. The van der Waals surface area contributed by atoms with Crippen LogP contribution >= 0.6 is 11.8 Å². The predicted molar refractivity (Wildman–Crippen MR) is 116 cm³/mol. The largest absolute Gasteiger partial charge is 0.573 e. The van der Waals surface area contributed by atoms with Crippen LogP contribution < -0.4 is 15.4 Å². The van der Waals surface area contributed by atoms with Crippen LogP contribution in [0, 0.1) is 6.92 Å².